The van der Waals surface area contributed by atoms with Gasteiger partial charge >= 0.3 is 17.9 Å². The molecule has 1 aliphatic rings. The molecular weight excluding hydrogens is 1170 g/mol. The number of aliphatic hydroxyl groups excluding tert-OH is 4. The van der Waals surface area contributed by atoms with Gasteiger partial charge in [0.15, 0.2) is 12.1 Å². The molecule has 0 bridgehead atoms. The predicted octanol–water partition coefficient (Wildman–Crippen LogP) is -3.60. The number of cyclic esters (lactones) is 1. The Morgan fingerprint density at radius 2 is 1.08 bits per heavy atom. The van der Waals surface area contributed by atoms with Crippen molar-refractivity contribution in [3.05, 3.63) is 11.8 Å². The lowest BCUT2D eigenvalue weighted by Gasteiger charge is -2.28. The number of aliphatic carboxylic acids is 2. The van der Waals surface area contributed by atoms with Gasteiger partial charge in [-0.2, -0.15) is 0 Å². The zero-order valence-electron chi connectivity index (χ0n) is 50.0. The van der Waals surface area contributed by atoms with Crippen LogP contribution in [0.3, 0.4) is 0 Å². The number of ether oxygens (including phenoxy) is 1. The molecule has 1 unspecified atom stereocenters. The van der Waals surface area contributed by atoms with Gasteiger partial charge in [-0.05, 0) is 72.0 Å². The first-order valence-corrected chi connectivity index (χ1v) is 30.2. The van der Waals surface area contributed by atoms with E-state index in [1.165, 1.54) is 45.4 Å². The Balaban J connectivity index is 3.88. The van der Waals surface area contributed by atoms with Gasteiger partial charge in [0.1, 0.15) is 54.6 Å². The molecule has 0 spiro atoms. The Morgan fingerprint density at radius 1 is 0.598 bits per heavy atom. The van der Waals surface area contributed by atoms with Crippen LogP contribution in [0.4, 0.5) is 0 Å². The lowest BCUT2D eigenvalue weighted by molar-refractivity contribution is -0.155. The standard InChI is InChI=1S/C55H95ClN12O19/c1-4-6-7-8-9-10-11-12-13-14-15-16-17-20-32(70)27-40(72)60-38-30-87-55(86)43(39(71)29-56)67-53(83)44(45(75)54(84)85)68-46(76)33(5-2)61-52(82)42(31(3)69)66-49(79)36(23-26-59)63-47(77)34(21-18-19-24-57)62-50(80)37(28-41(73)74)65-48(78)35(22-25-58)64-51(38)81/h5,31-32,34-39,42-45,69-71,75H,4,6-30,57-59H2,1-3H3,(H,60,72)(H,61,82)(H,62,80)(H,63,77)(H,64,81)(H,65,78)(H,66,79)(H,67,83)(H,68,76)(H,73,74)(H,84,85)/b33-5+/t31-,32-,34-,35+,36-,37-,38-,39+,42-,43-,44-,45?/m0/s1. The number of amides is 9. The normalized spacial score (nSPS) is 23.9. The number of hydrogen-bond donors (Lipinski definition) is 18. The van der Waals surface area contributed by atoms with Crippen molar-refractivity contribution in [3.8, 4) is 0 Å². The van der Waals surface area contributed by atoms with E-state index in [4.69, 9.17) is 33.5 Å². The zero-order chi connectivity index (χ0) is 65.6. The molecule has 12 atom stereocenters. The molecule has 1 fully saturated rings. The number of carbonyl (C=O) groups excluding carboxylic acids is 10. The summed E-state index contributed by atoms with van der Waals surface area (Å²) in [4.78, 5) is 163. The predicted molar refractivity (Wildman–Crippen MR) is 314 cm³/mol. The molecule has 31 nitrogen and oxygen atoms in total. The van der Waals surface area contributed by atoms with Gasteiger partial charge in [-0.1, -0.05) is 96.5 Å². The van der Waals surface area contributed by atoms with E-state index in [-0.39, 0.29) is 45.3 Å². The van der Waals surface area contributed by atoms with Gasteiger partial charge in [-0.3, -0.25) is 47.9 Å². The first kappa shape index (κ1) is 78.4. The molecule has 1 rings (SSSR count). The lowest BCUT2D eigenvalue weighted by atomic mass is 10.0. The monoisotopic (exact) mass is 1260 g/mol. The maximum atomic E-state index is 14.2. The zero-order valence-corrected chi connectivity index (χ0v) is 50.7. The van der Waals surface area contributed by atoms with E-state index in [0.717, 1.165) is 51.5 Å². The fourth-order valence-corrected chi connectivity index (χ4v) is 9.11. The van der Waals surface area contributed by atoms with Gasteiger partial charge in [0.2, 0.25) is 47.3 Å². The van der Waals surface area contributed by atoms with Crippen molar-refractivity contribution < 1.29 is 92.9 Å². The van der Waals surface area contributed by atoms with E-state index in [9.17, 15) is 88.2 Å². The first-order valence-electron chi connectivity index (χ1n) is 29.7. The molecular formula is C55H95ClN12O19. The van der Waals surface area contributed by atoms with Crippen LogP contribution in [0.1, 0.15) is 156 Å². The van der Waals surface area contributed by atoms with E-state index < -0.39 is 181 Å². The maximum Gasteiger partial charge on any atom is 0.335 e. The highest BCUT2D eigenvalue weighted by Gasteiger charge is 2.41. The van der Waals surface area contributed by atoms with Crippen molar-refractivity contribution >= 4 is 82.7 Å². The Bertz CT molecular complexity index is 2270. The smallest absolute Gasteiger partial charge is 0.335 e. The topological polar surface area (TPSA) is 522 Å². The van der Waals surface area contributed by atoms with Crippen molar-refractivity contribution in [2.24, 2.45) is 17.2 Å². The minimum absolute atomic E-state index is 0.123. The largest absolute Gasteiger partial charge is 0.481 e. The fraction of sp³-hybridized carbons (Fsp3) is 0.745. The molecule has 9 amide bonds. The fourth-order valence-electron chi connectivity index (χ4n) is 8.93. The van der Waals surface area contributed by atoms with Crippen molar-refractivity contribution in [2.45, 2.75) is 228 Å². The first-order chi connectivity index (χ1) is 41.3. The van der Waals surface area contributed by atoms with Crippen LogP contribution < -0.4 is 65.1 Å². The summed E-state index contributed by atoms with van der Waals surface area (Å²) in [6.07, 6.45) is 4.80. The third-order valence-electron chi connectivity index (χ3n) is 14.0. The van der Waals surface area contributed by atoms with Crippen LogP contribution in [0.15, 0.2) is 11.8 Å². The third-order valence-corrected chi connectivity index (χ3v) is 14.3. The molecule has 1 aliphatic heterocycles. The number of esters is 1. The summed E-state index contributed by atoms with van der Waals surface area (Å²) in [6.45, 7) is 2.68. The second-order valence-electron chi connectivity index (χ2n) is 21.3. The Labute approximate surface area is 511 Å². The van der Waals surface area contributed by atoms with Crippen molar-refractivity contribution in [1.82, 2.24) is 47.9 Å². The summed E-state index contributed by atoms with van der Waals surface area (Å²) in [5.74, 6) is -17.8. The average molecular weight is 1260 g/mol. The van der Waals surface area contributed by atoms with Gasteiger partial charge in [-0.25, -0.2) is 9.59 Å². The van der Waals surface area contributed by atoms with E-state index >= 15 is 0 Å². The van der Waals surface area contributed by atoms with E-state index in [1.54, 1.807) is 0 Å². The van der Waals surface area contributed by atoms with Gasteiger partial charge in [0.25, 0.3) is 5.91 Å². The second-order valence-corrected chi connectivity index (χ2v) is 21.6. The van der Waals surface area contributed by atoms with Gasteiger partial charge in [0, 0.05) is 0 Å². The number of rotatable bonds is 32. The second kappa shape index (κ2) is 43.9. The van der Waals surface area contributed by atoms with Crippen LogP contribution in [-0.2, 0) is 62.3 Å². The van der Waals surface area contributed by atoms with Crippen LogP contribution in [0.5, 0.6) is 0 Å². The molecule has 32 heteroatoms. The van der Waals surface area contributed by atoms with Crippen LogP contribution in [0, 0.1) is 0 Å². The van der Waals surface area contributed by atoms with Crippen molar-refractivity contribution in [3.63, 3.8) is 0 Å². The minimum atomic E-state index is -2.83. The number of carbonyl (C=O) groups is 12. The molecule has 0 saturated carbocycles. The SMILES string of the molecule is C/C=C1/NC(=O)[C@H]([C@H](C)O)NC(=O)[C@H](CCN)NC(=O)[C@H](CCCCN)NC(=O)[C@H](CC(=O)O)NC(=O)[C@@H](CCN)NC(=O)[C@@H](NC(=O)C[C@@H](O)CCCCCCCCCCCCCCC)COC(=O)[C@H]([C@H](O)CCl)NC(=O)[C@H](C(O)C(=O)O)NC1=O. The number of aliphatic hydroxyl groups is 4. The minimum Gasteiger partial charge on any atom is -0.481 e. The summed E-state index contributed by atoms with van der Waals surface area (Å²) in [7, 11) is 0. The molecule has 0 radical (unpaired) electrons. The van der Waals surface area contributed by atoms with Gasteiger partial charge in [-0.15, -0.1) is 11.6 Å². The van der Waals surface area contributed by atoms with Crippen LogP contribution in [0.25, 0.3) is 0 Å². The Morgan fingerprint density at radius 3 is 1.56 bits per heavy atom. The molecule has 0 aliphatic carbocycles. The molecule has 87 heavy (non-hydrogen) atoms. The summed E-state index contributed by atoms with van der Waals surface area (Å²) in [5, 5.41) is 82.4. The number of nitrogens with one attached hydrogen (secondary N) is 9. The number of carboxylic acid groups (broad SMARTS) is 2. The molecule has 0 aromatic carbocycles. The number of unbranched alkanes of at least 4 members (excludes halogenated alkanes) is 13. The number of carboxylic acids is 2. The number of hydrogen-bond acceptors (Lipinski definition) is 20. The average Bonchev–Trinajstić information content (AvgIpc) is 3.53. The number of alkyl halides is 1. The number of nitrogens with two attached hydrogens (primary N) is 3. The molecule has 1 heterocycles. The molecule has 496 valence electrons. The van der Waals surface area contributed by atoms with Crippen LogP contribution >= 0.6 is 11.6 Å². The van der Waals surface area contributed by atoms with E-state index in [1.807, 2.05) is 10.6 Å². The number of halogens is 1. The van der Waals surface area contributed by atoms with Gasteiger partial charge < -0.3 is 100 Å². The molecule has 21 N–H and O–H groups in total. The molecule has 0 aromatic rings. The van der Waals surface area contributed by atoms with Crippen LogP contribution in [0.2, 0.25) is 0 Å². The summed E-state index contributed by atoms with van der Waals surface area (Å²) in [5.41, 5.74) is 16.5. The summed E-state index contributed by atoms with van der Waals surface area (Å²) >= 11 is 5.87. The summed E-state index contributed by atoms with van der Waals surface area (Å²) < 4.78 is 5.29. The highest BCUT2D eigenvalue weighted by atomic mass is 35.5. The quantitative estimate of drug-likeness (QED) is 0.0134. The molecule has 1 saturated heterocycles. The van der Waals surface area contributed by atoms with Crippen LogP contribution in [-0.4, -0.2) is 207 Å². The van der Waals surface area contributed by atoms with Crippen molar-refractivity contribution in [2.75, 3.05) is 32.1 Å². The maximum absolute atomic E-state index is 14.2. The highest BCUT2D eigenvalue weighted by Crippen LogP contribution is 2.15. The van der Waals surface area contributed by atoms with E-state index in [0.29, 0.717) is 12.8 Å². The highest BCUT2D eigenvalue weighted by molar-refractivity contribution is 6.18. The lowest BCUT2D eigenvalue weighted by Crippen LogP contribution is -2.62. The Hall–Kier alpha value is -6.61. The van der Waals surface area contributed by atoms with Crippen molar-refractivity contribution in [1.29, 1.82) is 0 Å². The van der Waals surface area contributed by atoms with Gasteiger partial charge in [0.05, 0.1) is 37.0 Å². The summed E-state index contributed by atoms with van der Waals surface area (Å²) in [6, 6.07) is -15.8. The molecule has 0 aromatic heterocycles. The van der Waals surface area contributed by atoms with E-state index in [2.05, 4.69) is 44.1 Å². The Kier molecular flexibility index (Phi) is 39.6. The number of allylic oxidation sites excluding steroid dienone is 1. The third kappa shape index (κ3) is 30.7.